The molecule has 0 spiro atoms. The Bertz CT molecular complexity index is 890. The Balaban J connectivity index is 1.60. The van der Waals surface area contributed by atoms with E-state index in [0.29, 0.717) is 22.0 Å². The fourth-order valence-corrected chi connectivity index (χ4v) is 3.47. The number of carbonyl (C=O) groups is 1. The zero-order valence-electron chi connectivity index (χ0n) is 15.6. The molecule has 0 bridgehead atoms. The van der Waals surface area contributed by atoms with Crippen molar-refractivity contribution in [3.05, 3.63) is 69.3 Å². The predicted octanol–water partition coefficient (Wildman–Crippen LogP) is 2.97. The van der Waals surface area contributed by atoms with Crippen molar-refractivity contribution in [1.29, 1.82) is 0 Å². The van der Waals surface area contributed by atoms with E-state index >= 15 is 0 Å². The van der Waals surface area contributed by atoms with Gasteiger partial charge in [0.25, 0.3) is 0 Å². The number of nitrogens with one attached hydrogen (secondary N) is 4. The standard InChI is InChI=1S/C20H22BrClN4O3/c1-11(25-26-15-8-4-13(22)5-9-15)18-19(28)16(24-20(18)29)10-17(27)23-14-6-2-12(21)3-7-14/h2-9,16,19-20,24-26,28-29H,10H2,1H3,(H,23,27)/b18-11-. The zero-order chi connectivity index (χ0) is 21.0. The normalized spacial score (nSPS) is 22.9. The van der Waals surface area contributed by atoms with Crippen molar-refractivity contribution in [1.82, 2.24) is 10.7 Å². The summed E-state index contributed by atoms with van der Waals surface area (Å²) in [6.07, 6.45) is -2.06. The van der Waals surface area contributed by atoms with Crippen molar-refractivity contribution in [2.24, 2.45) is 0 Å². The van der Waals surface area contributed by atoms with Crippen molar-refractivity contribution in [3.8, 4) is 0 Å². The number of amides is 1. The van der Waals surface area contributed by atoms with Crippen LogP contribution in [0.3, 0.4) is 0 Å². The molecule has 7 nitrogen and oxygen atoms in total. The zero-order valence-corrected chi connectivity index (χ0v) is 18.0. The second-order valence-electron chi connectivity index (χ2n) is 6.72. The number of aliphatic hydroxyl groups is 2. The van der Waals surface area contributed by atoms with Crippen molar-refractivity contribution in [2.45, 2.75) is 31.7 Å². The molecule has 1 amide bonds. The van der Waals surface area contributed by atoms with E-state index in [1.165, 1.54) is 0 Å². The fourth-order valence-electron chi connectivity index (χ4n) is 3.08. The summed E-state index contributed by atoms with van der Waals surface area (Å²) in [4.78, 5) is 12.3. The summed E-state index contributed by atoms with van der Waals surface area (Å²) in [5.41, 5.74) is 8.32. The lowest BCUT2D eigenvalue weighted by molar-refractivity contribution is -0.117. The molecule has 0 aliphatic carbocycles. The summed E-state index contributed by atoms with van der Waals surface area (Å²) in [7, 11) is 0. The van der Waals surface area contributed by atoms with Gasteiger partial charge in [-0.1, -0.05) is 27.5 Å². The Morgan fingerprint density at radius 3 is 2.38 bits per heavy atom. The van der Waals surface area contributed by atoms with Gasteiger partial charge in [0, 0.05) is 38.9 Å². The first-order valence-corrected chi connectivity index (χ1v) is 10.2. The largest absolute Gasteiger partial charge is 0.387 e. The highest BCUT2D eigenvalue weighted by Crippen LogP contribution is 2.24. The van der Waals surface area contributed by atoms with E-state index in [0.717, 1.165) is 10.2 Å². The molecule has 3 unspecified atom stereocenters. The molecule has 154 valence electrons. The van der Waals surface area contributed by atoms with Gasteiger partial charge in [0.2, 0.25) is 5.91 Å². The van der Waals surface area contributed by atoms with Gasteiger partial charge >= 0.3 is 0 Å². The van der Waals surface area contributed by atoms with E-state index in [-0.39, 0.29) is 12.3 Å². The first-order valence-electron chi connectivity index (χ1n) is 8.99. The number of rotatable bonds is 6. The molecule has 2 aromatic carbocycles. The molecule has 1 heterocycles. The Hall–Kier alpha value is -2.10. The molecule has 1 fully saturated rings. The molecule has 3 atom stereocenters. The highest BCUT2D eigenvalue weighted by Gasteiger charge is 2.38. The van der Waals surface area contributed by atoms with Crippen molar-refractivity contribution < 1.29 is 15.0 Å². The van der Waals surface area contributed by atoms with Crippen LogP contribution in [0.1, 0.15) is 13.3 Å². The van der Waals surface area contributed by atoms with Crippen molar-refractivity contribution in [3.63, 3.8) is 0 Å². The second-order valence-corrected chi connectivity index (χ2v) is 8.07. The van der Waals surface area contributed by atoms with Gasteiger partial charge in [-0.25, -0.2) is 0 Å². The number of hydrogen-bond donors (Lipinski definition) is 6. The number of aliphatic hydroxyl groups excluding tert-OH is 2. The van der Waals surface area contributed by atoms with E-state index in [9.17, 15) is 15.0 Å². The Labute approximate surface area is 182 Å². The fraction of sp³-hybridized carbons (Fsp3) is 0.250. The van der Waals surface area contributed by atoms with Crippen molar-refractivity contribution >= 4 is 44.8 Å². The number of hydrazine groups is 1. The van der Waals surface area contributed by atoms with E-state index in [2.05, 4.69) is 37.4 Å². The van der Waals surface area contributed by atoms with Gasteiger partial charge in [0.05, 0.1) is 11.8 Å². The number of benzene rings is 2. The molecule has 0 saturated carbocycles. The third kappa shape index (κ3) is 5.71. The van der Waals surface area contributed by atoms with Gasteiger partial charge in [-0.15, -0.1) is 0 Å². The van der Waals surface area contributed by atoms with Crippen LogP contribution in [0.25, 0.3) is 0 Å². The van der Waals surface area contributed by atoms with Gasteiger partial charge in [0.15, 0.2) is 0 Å². The maximum atomic E-state index is 12.3. The minimum Gasteiger partial charge on any atom is -0.387 e. The van der Waals surface area contributed by atoms with Gasteiger partial charge < -0.3 is 26.4 Å². The molecule has 1 saturated heterocycles. The average Bonchev–Trinajstić information content (AvgIpc) is 2.96. The highest BCUT2D eigenvalue weighted by atomic mass is 79.9. The average molecular weight is 482 g/mol. The Kier molecular flexibility index (Phi) is 7.15. The molecular weight excluding hydrogens is 460 g/mol. The maximum Gasteiger partial charge on any atom is 0.226 e. The monoisotopic (exact) mass is 480 g/mol. The summed E-state index contributed by atoms with van der Waals surface area (Å²) in [5, 5.41) is 27.2. The lowest BCUT2D eigenvalue weighted by Crippen LogP contribution is -2.36. The topological polar surface area (TPSA) is 106 Å². The second kappa shape index (κ2) is 9.60. The lowest BCUT2D eigenvalue weighted by atomic mass is 10.0. The van der Waals surface area contributed by atoms with Crippen molar-refractivity contribution in [2.75, 3.05) is 10.7 Å². The molecule has 3 rings (SSSR count). The van der Waals surface area contributed by atoms with Crippen LogP contribution < -0.4 is 21.5 Å². The van der Waals surface area contributed by atoms with E-state index in [4.69, 9.17) is 11.6 Å². The lowest BCUT2D eigenvalue weighted by Gasteiger charge is -2.17. The summed E-state index contributed by atoms with van der Waals surface area (Å²) in [6.45, 7) is 1.73. The third-order valence-electron chi connectivity index (χ3n) is 4.57. The number of carbonyl (C=O) groups excluding carboxylic acids is 1. The van der Waals surface area contributed by atoms with Crippen LogP contribution in [0.5, 0.6) is 0 Å². The SMILES string of the molecule is C/C(NNc1ccc(Cl)cc1)=C1/C(O)NC(CC(=O)Nc2ccc(Br)cc2)C1O. The molecule has 6 N–H and O–H groups in total. The number of hydrogen-bond acceptors (Lipinski definition) is 6. The highest BCUT2D eigenvalue weighted by molar-refractivity contribution is 9.10. The smallest absolute Gasteiger partial charge is 0.226 e. The summed E-state index contributed by atoms with van der Waals surface area (Å²) >= 11 is 9.21. The van der Waals surface area contributed by atoms with E-state index in [1.54, 1.807) is 43.3 Å². The molecule has 0 aromatic heterocycles. The van der Waals surface area contributed by atoms with Crippen LogP contribution in [0.2, 0.25) is 5.02 Å². The Morgan fingerprint density at radius 1 is 1.10 bits per heavy atom. The third-order valence-corrected chi connectivity index (χ3v) is 5.35. The molecule has 0 radical (unpaired) electrons. The predicted molar refractivity (Wildman–Crippen MR) is 117 cm³/mol. The number of halogens is 2. The molecule has 9 heteroatoms. The first kappa shape index (κ1) is 21.6. The first-order chi connectivity index (χ1) is 13.8. The molecule has 29 heavy (non-hydrogen) atoms. The van der Waals surface area contributed by atoms with Crippen LogP contribution >= 0.6 is 27.5 Å². The maximum absolute atomic E-state index is 12.3. The summed E-state index contributed by atoms with van der Waals surface area (Å²) in [5.74, 6) is -0.262. The van der Waals surface area contributed by atoms with Gasteiger partial charge in [0.1, 0.15) is 6.23 Å². The van der Waals surface area contributed by atoms with Crippen LogP contribution in [-0.4, -0.2) is 34.5 Å². The number of anilines is 2. The van der Waals surface area contributed by atoms with Crippen LogP contribution in [-0.2, 0) is 4.79 Å². The van der Waals surface area contributed by atoms with Gasteiger partial charge in [-0.2, -0.15) is 0 Å². The Morgan fingerprint density at radius 2 is 1.72 bits per heavy atom. The summed E-state index contributed by atoms with van der Waals surface area (Å²) < 4.78 is 0.913. The van der Waals surface area contributed by atoms with Gasteiger partial charge in [-0.3, -0.25) is 10.1 Å². The van der Waals surface area contributed by atoms with Crippen LogP contribution in [0.15, 0.2) is 64.3 Å². The van der Waals surface area contributed by atoms with Crippen LogP contribution in [0, 0.1) is 0 Å². The molecule has 1 aliphatic rings. The van der Waals surface area contributed by atoms with E-state index in [1.807, 2.05) is 12.1 Å². The minimum atomic E-state index is -1.06. The van der Waals surface area contributed by atoms with Crippen LogP contribution in [0.4, 0.5) is 11.4 Å². The number of allylic oxidation sites excluding steroid dienone is 1. The molecule has 2 aromatic rings. The quantitative estimate of drug-likeness (QED) is 0.354. The molecule has 1 aliphatic heterocycles. The minimum absolute atomic E-state index is 0.00961. The van der Waals surface area contributed by atoms with Gasteiger partial charge in [-0.05, 0) is 55.5 Å². The molecular formula is C20H22BrClN4O3. The van der Waals surface area contributed by atoms with E-state index < -0.39 is 18.4 Å². The summed E-state index contributed by atoms with van der Waals surface area (Å²) in [6, 6.07) is 13.7.